The topological polar surface area (TPSA) is 43.8 Å². The lowest BCUT2D eigenvalue weighted by Gasteiger charge is -2.26. The highest BCUT2D eigenvalue weighted by atomic mass is 16.2. The van der Waals surface area contributed by atoms with Gasteiger partial charge in [-0.05, 0) is 25.5 Å². The Hall–Kier alpha value is -1.99. The summed E-state index contributed by atoms with van der Waals surface area (Å²) in [6, 6.07) is 7.69. The summed E-state index contributed by atoms with van der Waals surface area (Å²) in [5, 5.41) is 8.78. The van der Waals surface area contributed by atoms with Gasteiger partial charge in [-0.15, -0.1) is 0 Å². The van der Waals surface area contributed by atoms with Gasteiger partial charge in [0.05, 0.1) is 0 Å². The smallest absolute Gasteiger partial charge is 0.320 e. The third kappa shape index (κ3) is 4.29. The first-order valence-electron chi connectivity index (χ1n) is 6.81. The van der Waals surface area contributed by atoms with Gasteiger partial charge in [0.15, 0.2) is 0 Å². The molecule has 1 aromatic carbocycles. The van der Waals surface area contributed by atoms with Crippen LogP contribution in [-0.4, -0.2) is 47.7 Å². The third-order valence-electron chi connectivity index (χ3n) is 3.09. The molecule has 0 radical (unpaired) electrons. The minimum Gasteiger partial charge on any atom is -0.384 e. The number of benzene rings is 1. The van der Waals surface area contributed by atoms with Crippen molar-refractivity contribution in [2.24, 2.45) is 0 Å². The molecule has 108 valence electrons. The maximum atomic E-state index is 12.2. The van der Waals surface area contributed by atoms with Gasteiger partial charge in [-0.25, -0.2) is 4.79 Å². The lowest BCUT2D eigenvalue weighted by Crippen LogP contribution is -2.40. The molecule has 0 heterocycles. The van der Waals surface area contributed by atoms with Gasteiger partial charge in [0.2, 0.25) is 0 Å². The van der Waals surface area contributed by atoms with Gasteiger partial charge < -0.3 is 14.9 Å². The number of hydrogen-bond donors (Lipinski definition) is 1. The highest BCUT2D eigenvalue weighted by Gasteiger charge is 2.15. The number of urea groups is 1. The number of aliphatic hydroxyl groups is 1. The molecule has 0 spiro atoms. The van der Waals surface area contributed by atoms with Crippen molar-refractivity contribution in [1.29, 1.82) is 0 Å². The Labute approximate surface area is 121 Å². The zero-order chi connectivity index (χ0) is 15.0. The molecule has 2 amide bonds. The van der Waals surface area contributed by atoms with Gasteiger partial charge in [0.1, 0.15) is 6.61 Å². The summed E-state index contributed by atoms with van der Waals surface area (Å²) in [4.78, 5) is 15.7. The van der Waals surface area contributed by atoms with Gasteiger partial charge in [-0.3, -0.25) is 0 Å². The van der Waals surface area contributed by atoms with Crippen LogP contribution in [0.5, 0.6) is 0 Å². The molecule has 0 bridgehead atoms. The molecule has 0 saturated heterocycles. The second-order valence-corrected chi connectivity index (χ2v) is 4.43. The summed E-state index contributed by atoms with van der Waals surface area (Å²) in [7, 11) is 1.79. The number of carbonyl (C=O) groups excluding carboxylic acids is 1. The van der Waals surface area contributed by atoms with Crippen LogP contribution < -0.4 is 0 Å². The summed E-state index contributed by atoms with van der Waals surface area (Å²) in [5.41, 5.74) is 1.83. The van der Waals surface area contributed by atoms with E-state index >= 15 is 0 Å². The normalized spacial score (nSPS) is 9.60. The van der Waals surface area contributed by atoms with Crippen molar-refractivity contribution >= 4 is 6.03 Å². The predicted octanol–water partition coefficient (Wildman–Crippen LogP) is 1.92. The second-order valence-electron chi connectivity index (χ2n) is 4.43. The van der Waals surface area contributed by atoms with E-state index in [4.69, 9.17) is 5.11 Å². The fourth-order valence-electron chi connectivity index (χ4n) is 1.97. The molecule has 0 aliphatic carbocycles. The van der Waals surface area contributed by atoms with Crippen molar-refractivity contribution in [3.8, 4) is 11.8 Å². The highest BCUT2D eigenvalue weighted by Crippen LogP contribution is 2.11. The molecule has 0 aliphatic heterocycles. The van der Waals surface area contributed by atoms with Crippen LogP contribution in [0.25, 0.3) is 0 Å². The molecule has 1 aromatic rings. The maximum absolute atomic E-state index is 12.2. The zero-order valence-corrected chi connectivity index (χ0v) is 12.4. The standard InChI is InChI=1S/C16H22N2O2/c1-4-18(5-2)16(20)17(3)13-15-10-7-6-9-14(15)11-8-12-19/h6-7,9-10,19H,4-5,12-13H2,1-3H3. The van der Waals surface area contributed by atoms with Crippen molar-refractivity contribution < 1.29 is 9.90 Å². The van der Waals surface area contributed by atoms with E-state index in [2.05, 4.69) is 11.8 Å². The Morgan fingerprint density at radius 1 is 1.25 bits per heavy atom. The van der Waals surface area contributed by atoms with Crippen LogP contribution in [0, 0.1) is 11.8 Å². The van der Waals surface area contributed by atoms with Crippen molar-refractivity contribution in [1.82, 2.24) is 9.80 Å². The number of rotatable bonds is 4. The van der Waals surface area contributed by atoms with Crippen LogP contribution >= 0.6 is 0 Å². The molecule has 0 atom stereocenters. The second kappa shape index (κ2) is 8.23. The first kappa shape index (κ1) is 16.1. The fourth-order valence-corrected chi connectivity index (χ4v) is 1.97. The van der Waals surface area contributed by atoms with Gasteiger partial charge in [-0.1, -0.05) is 30.0 Å². The van der Waals surface area contributed by atoms with Crippen LogP contribution in [-0.2, 0) is 6.54 Å². The third-order valence-corrected chi connectivity index (χ3v) is 3.09. The van der Waals surface area contributed by atoms with E-state index in [9.17, 15) is 4.79 Å². The van der Waals surface area contributed by atoms with Crippen LogP contribution in [0.15, 0.2) is 24.3 Å². The lowest BCUT2D eigenvalue weighted by atomic mass is 10.1. The average molecular weight is 274 g/mol. The van der Waals surface area contributed by atoms with Crippen LogP contribution in [0.1, 0.15) is 25.0 Å². The monoisotopic (exact) mass is 274 g/mol. The van der Waals surface area contributed by atoms with Crippen LogP contribution in [0.3, 0.4) is 0 Å². The van der Waals surface area contributed by atoms with Gasteiger partial charge in [0, 0.05) is 32.2 Å². The average Bonchev–Trinajstić information content (AvgIpc) is 2.47. The molecular weight excluding hydrogens is 252 g/mol. The maximum Gasteiger partial charge on any atom is 0.320 e. The summed E-state index contributed by atoms with van der Waals surface area (Å²) < 4.78 is 0. The predicted molar refractivity (Wildman–Crippen MR) is 80.2 cm³/mol. The molecule has 0 aliphatic rings. The minimum atomic E-state index is -0.164. The Morgan fingerprint density at radius 2 is 1.90 bits per heavy atom. The Morgan fingerprint density at radius 3 is 2.50 bits per heavy atom. The zero-order valence-electron chi connectivity index (χ0n) is 12.4. The summed E-state index contributed by atoms with van der Waals surface area (Å²) in [5.74, 6) is 5.56. The van der Waals surface area contributed by atoms with Crippen molar-refractivity contribution in [2.75, 3.05) is 26.7 Å². The van der Waals surface area contributed by atoms with Crippen LogP contribution in [0.4, 0.5) is 4.79 Å². The van der Waals surface area contributed by atoms with E-state index in [0.717, 1.165) is 11.1 Å². The number of amides is 2. The minimum absolute atomic E-state index is 0.0138. The molecule has 1 N–H and O–H groups in total. The SMILES string of the molecule is CCN(CC)C(=O)N(C)Cc1ccccc1C#CCO. The van der Waals surface area contributed by atoms with Gasteiger partial charge >= 0.3 is 6.03 Å². The number of aliphatic hydroxyl groups excluding tert-OH is 1. The van der Waals surface area contributed by atoms with Gasteiger partial charge in [-0.2, -0.15) is 0 Å². The largest absolute Gasteiger partial charge is 0.384 e. The molecule has 1 rings (SSSR count). The molecule has 0 fully saturated rings. The fraction of sp³-hybridized carbons (Fsp3) is 0.438. The van der Waals surface area contributed by atoms with E-state index in [1.165, 1.54) is 0 Å². The molecule has 4 nitrogen and oxygen atoms in total. The van der Waals surface area contributed by atoms with Crippen molar-refractivity contribution in [2.45, 2.75) is 20.4 Å². The van der Waals surface area contributed by atoms with E-state index in [-0.39, 0.29) is 12.6 Å². The molecule has 20 heavy (non-hydrogen) atoms. The van der Waals surface area contributed by atoms with Crippen molar-refractivity contribution in [3.05, 3.63) is 35.4 Å². The van der Waals surface area contributed by atoms with Gasteiger partial charge in [0.25, 0.3) is 0 Å². The summed E-state index contributed by atoms with van der Waals surface area (Å²) >= 11 is 0. The first-order chi connectivity index (χ1) is 9.63. The summed E-state index contributed by atoms with van der Waals surface area (Å²) in [6.07, 6.45) is 0. The van der Waals surface area contributed by atoms with E-state index in [1.807, 2.05) is 38.1 Å². The highest BCUT2D eigenvalue weighted by molar-refractivity contribution is 5.74. The molecule has 0 saturated carbocycles. The van der Waals surface area contributed by atoms with Crippen molar-refractivity contribution in [3.63, 3.8) is 0 Å². The van der Waals surface area contributed by atoms with E-state index < -0.39 is 0 Å². The number of carbonyl (C=O) groups is 1. The van der Waals surface area contributed by atoms with Crippen LogP contribution in [0.2, 0.25) is 0 Å². The molecule has 0 aromatic heterocycles. The molecule has 4 heteroatoms. The quantitative estimate of drug-likeness (QED) is 0.853. The Kier molecular flexibility index (Phi) is 6.61. The molecular formula is C16H22N2O2. The van der Waals surface area contributed by atoms with E-state index in [1.54, 1.807) is 16.8 Å². The lowest BCUT2D eigenvalue weighted by molar-refractivity contribution is 0.165. The number of nitrogens with zero attached hydrogens (tertiary/aromatic N) is 2. The number of hydrogen-bond acceptors (Lipinski definition) is 2. The summed E-state index contributed by atoms with van der Waals surface area (Å²) in [6.45, 7) is 5.68. The molecule has 0 unspecified atom stereocenters. The Balaban J connectivity index is 2.85. The Bertz CT molecular complexity index is 499. The van der Waals surface area contributed by atoms with E-state index in [0.29, 0.717) is 19.6 Å². The first-order valence-corrected chi connectivity index (χ1v) is 6.81.